The maximum atomic E-state index is 11.6. The number of nitrogens with zero attached hydrogens (tertiary/aromatic N) is 2. The molecule has 8 atom stereocenters. The van der Waals surface area contributed by atoms with E-state index < -0.39 is 84.8 Å². The number of aliphatic hydroxyl groups is 4. The summed E-state index contributed by atoms with van der Waals surface area (Å²) in [6, 6.07) is 2.33. The standard InChI is InChI=1S/2C10H14N2O6/c2*1-17-8-7(15)5(4-13)18-9(8)12-3-2-6(14)11-10(12)16/h2*2-3,5,7-9,13,15H,4H2,1H3,(H,11,14,16)/t2*5-,7-,8-,9-/m11/s1. The van der Waals surface area contributed by atoms with Gasteiger partial charge in [-0.1, -0.05) is 0 Å². The number of hydrogen-bond donors (Lipinski definition) is 6. The summed E-state index contributed by atoms with van der Waals surface area (Å²) in [5.74, 6) is 0. The number of hydrogen-bond acceptors (Lipinski definition) is 12. The minimum absolute atomic E-state index is 0.393. The highest BCUT2D eigenvalue weighted by Gasteiger charge is 2.46. The summed E-state index contributed by atoms with van der Waals surface area (Å²) < 4.78 is 23.0. The molecule has 4 rings (SSSR count). The molecule has 36 heavy (non-hydrogen) atoms. The van der Waals surface area contributed by atoms with Gasteiger partial charge in [-0.3, -0.25) is 28.7 Å². The Labute approximate surface area is 201 Å². The van der Waals surface area contributed by atoms with Gasteiger partial charge < -0.3 is 39.4 Å². The van der Waals surface area contributed by atoms with Gasteiger partial charge in [0.15, 0.2) is 12.5 Å². The molecule has 0 spiro atoms. The SMILES string of the molecule is CO[C@@H]1[C@H](O)[C@@H](CO)O[C@H]1n1ccc(=O)[nH]c1=O.CO[C@@H]1[C@H](O)[C@@H](CO)O[C@H]1n1ccc(=O)[nH]c1=O. The summed E-state index contributed by atoms with van der Waals surface area (Å²) in [4.78, 5) is 49.3. The van der Waals surface area contributed by atoms with Crippen molar-refractivity contribution >= 4 is 0 Å². The van der Waals surface area contributed by atoms with Crippen LogP contribution < -0.4 is 22.5 Å². The quantitative estimate of drug-likeness (QED) is 0.214. The largest absolute Gasteiger partial charge is 0.394 e. The van der Waals surface area contributed by atoms with Gasteiger partial charge in [0.05, 0.1) is 13.2 Å². The molecule has 0 bridgehead atoms. The van der Waals surface area contributed by atoms with Gasteiger partial charge in [0, 0.05) is 38.7 Å². The van der Waals surface area contributed by atoms with Crippen LogP contribution in [0.4, 0.5) is 0 Å². The van der Waals surface area contributed by atoms with E-state index in [-0.39, 0.29) is 0 Å². The first-order valence-corrected chi connectivity index (χ1v) is 10.7. The Balaban J connectivity index is 0.000000201. The van der Waals surface area contributed by atoms with Crippen LogP contribution in [0.15, 0.2) is 43.7 Å². The van der Waals surface area contributed by atoms with E-state index in [0.29, 0.717) is 0 Å². The van der Waals surface area contributed by atoms with Crippen molar-refractivity contribution in [2.75, 3.05) is 27.4 Å². The number of ether oxygens (including phenoxy) is 4. The average molecular weight is 516 g/mol. The van der Waals surface area contributed by atoms with Crippen molar-refractivity contribution in [2.24, 2.45) is 0 Å². The predicted molar refractivity (Wildman–Crippen MR) is 118 cm³/mol. The van der Waals surface area contributed by atoms with Crippen molar-refractivity contribution in [1.82, 2.24) is 19.1 Å². The molecule has 4 heterocycles. The zero-order valence-electron chi connectivity index (χ0n) is 19.3. The average Bonchev–Trinajstić information content (AvgIpc) is 3.34. The molecule has 0 aromatic carbocycles. The van der Waals surface area contributed by atoms with Gasteiger partial charge in [-0.05, 0) is 0 Å². The second-order valence-corrected chi connectivity index (χ2v) is 7.91. The molecule has 200 valence electrons. The minimum atomic E-state index is -1.05. The second kappa shape index (κ2) is 11.8. The van der Waals surface area contributed by atoms with E-state index in [1.165, 1.54) is 26.6 Å². The van der Waals surface area contributed by atoms with Crippen molar-refractivity contribution < 1.29 is 39.4 Å². The van der Waals surface area contributed by atoms with E-state index in [2.05, 4.69) is 9.97 Å². The van der Waals surface area contributed by atoms with Crippen LogP contribution in [0, 0.1) is 0 Å². The summed E-state index contributed by atoms with van der Waals surface area (Å²) in [7, 11) is 2.72. The monoisotopic (exact) mass is 516 g/mol. The van der Waals surface area contributed by atoms with Gasteiger partial charge in [0.2, 0.25) is 0 Å². The molecule has 2 saturated heterocycles. The van der Waals surface area contributed by atoms with Crippen molar-refractivity contribution in [2.45, 2.75) is 49.1 Å². The molecule has 2 aliphatic heterocycles. The van der Waals surface area contributed by atoms with Crippen LogP contribution in [0.3, 0.4) is 0 Å². The number of rotatable bonds is 6. The predicted octanol–water partition coefficient (Wildman–Crippen LogP) is -4.40. The van der Waals surface area contributed by atoms with Crippen LogP contribution in [-0.4, -0.2) is 104 Å². The van der Waals surface area contributed by atoms with E-state index in [9.17, 15) is 29.4 Å². The summed E-state index contributed by atoms with van der Waals surface area (Å²) in [5.41, 5.74) is -2.38. The lowest BCUT2D eigenvalue weighted by molar-refractivity contribution is -0.0625. The lowest BCUT2D eigenvalue weighted by Crippen LogP contribution is -2.38. The number of methoxy groups -OCH3 is 2. The Morgan fingerprint density at radius 1 is 0.778 bits per heavy atom. The maximum Gasteiger partial charge on any atom is 0.330 e. The molecule has 2 aromatic heterocycles. The van der Waals surface area contributed by atoms with Crippen LogP contribution in [0.2, 0.25) is 0 Å². The molecule has 2 aromatic rings. The fraction of sp³-hybridized carbons (Fsp3) is 0.600. The lowest BCUT2D eigenvalue weighted by atomic mass is 10.1. The van der Waals surface area contributed by atoms with E-state index in [1.54, 1.807) is 0 Å². The Hall–Kier alpha value is -2.96. The highest BCUT2D eigenvalue weighted by Crippen LogP contribution is 2.30. The molecular formula is C20H28N4O12. The van der Waals surface area contributed by atoms with Crippen LogP contribution >= 0.6 is 0 Å². The van der Waals surface area contributed by atoms with E-state index in [4.69, 9.17) is 29.2 Å². The number of nitrogens with one attached hydrogen (secondary N) is 2. The molecule has 0 amide bonds. The summed E-state index contributed by atoms with van der Waals surface area (Å²) in [6.07, 6.45) is -4.66. The third-order valence-corrected chi connectivity index (χ3v) is 5.78. The molecule has 16 heteroatoms. The van der Waals surface area contributed by atoms with Gasteiger partial charge in [0.1, 0.15) is 36.6 Å². The summed E-state index contributed by atoms with van der Waals surface area (Å²) in [5, 5.41) is 37.7. The maximum absolute atomic E-state index is 11.6. The van der Waals surface area contributed by atoms with E-state index in [0.717, 1.165) is 21.3 Å². The molecule has 16 nitrogen and oxygen atoms in total. The second-order valence-electron chi connectivity index (χ2n) is 7.91. The zero-order chi connectivity index (χ0) is 26.6. The van der Waals surface area contributed by atoms with E-state index in [1.807, 2.05) is 0 Å². The highest BCUT2D eigenvalue weighted by molar-refractivity contribution is 4.95. The zero-order valence-corrected chi connectivity index (χ0v) is 19.3. The number of H-pyrrole nitrogens is 2. The smallest absolute Gasteiger partial charge is 0.330 e. The van der Waals surface area contributed by atoms with Crippen LogP contribution in [0.5, 0.6) is 0 Å². The number of aromatic amines is 2. The minimum Gasteiger partial charge on any atom is -0.394 e. The van der Waals surface area contributed by atoms with Gasteiger partial charge in [-0.25, -0.2) is 9.59 Å². The third-order valence-electron chi connectivity index (χ3n) is 5.78. The molecule has 0 saturated carbocycles. The molecule has 6 N–H and O–H groups in total. The van der Waals surface area contributed by atoms with Crippen LogP contribution in [0.1, 0.15) is 12.5 Å². The Bertz CT molecular complexity index is 1140. The summed E-state index contributed by atoms with van der Waals surface area (Å²) in [6.45, 7) is -0.786. The lowest BCUT2D eigenvalue weighted by Gasteiger charge is -2.19. The van der Waals surface area contributed by atoms with Crippen molar-refractivity contribution in [1.29, 1.82) is 0 Å². The topological polar surface area (TPSA) is 228 Å². The van der Waals surface area contributed by atoms with Gasteiger partial charge >= 0.3 is 11.4 Å². The molecular weight excluding hydrogens is 488 g/mol. The third kappa shape index (κ3) is 5.55. The molecule has 2 aliphatic rings. The van der Waals surface area contributed by atoms with Gasteiger partial charge in [0.25, 0.3) is 11.1 Å². The van der Waals surface area contributed by atoms with Crippen LogP contribution in [0.25, 0.3) is 0 Å². The highest BCUT2D eigenvalue weighted by atomic mass is 16.6. The number of aliphatic hydroxyl groups excluding tert-OH is 4. The van der Waals surface area contributed by atoms with Crippen LogP contribution in [-0.2, 0) is 18.9 Å². The van der Waals surface area contributed by atoms with Crippen molar-refractivity contribution in [3.8, 4) is 0 Å². The van der Waals surface area contributed by atoms with Gasteiger partial charge in [-0.2, -0.15) is 0 Å². The van der Waals surface area contributed by atoms with E-state index >= 15 is 0 Å². The van der Waals surface area contributed by atoms with Crippen molar-refractivity contribution in [3.63, 3.8) is 0 Å². The fourth-order valence-corrected chi connectivity index (χ4v) is 3.95. The molecule has 0 aliphatic carbocycles. The summed E-state index contributed by atoms with van der Waals surface area (Å²) >= 11 is 0. The number of aromatic nitrogens is 4. The fourth-order valence-electron chi connectivity index (χ4n) is 3.95. The molecule has 2 fully saturated rings. The normalized spacial score (nSPS) is 31.7. The Kier molecular flexibility index (Phi) is 9.09. The Morgan fingerprint density at radius 3 is 1.42 bits per heavy atom. The van der Waals surface area contributed by atoms with Crippen molar-refractivity contribution in [3.05, 3.63) is 66.2 Å². The molecule has 0 radical (unpaired) electrons. The molecule has 0 unspecified atom stereocenters. The Morgan fingerprint density at radius 2 is 1.14 bits per heavy atom. The first kappa shape index (κ1) is 27.6. The van der Waals surface area contributed by atoms with Gasteiger partial charge in [-0.15, -0.1) is 0 Å². The first-order valence-electron chi connectivity index (χ1n) is 10.7. The first-order chi connectivity index (χ1) is 17.2.